The molecule has 1 rings (SSSR count). The minimum atomic E-state index is -1.05. The average molecular weight is 216 g/mol. The van der Waals surface area contributed by atoms with Crippen molar-refractivity contribution in [2.75, 3.05) is 0 Å². The first-order chi connectivity index (χ1) is 6.86. The third kappa shape index (κ3) is 2.16. The molecule has 0 bridgehead atoms. The number of rotatable bonds is 2. The molecule has 0 saturated carbocycles. The highest BCUT2D eigenvalue weighted by Gasteiger charge is 2.21. The van der Waals surface area contributed by atoms with Crippen LogP contribution in [-0.4, -0.2) is 0 Å². The number of hydrogen-bond acceptors (Lipinski definition) is 0. The van der Waals surface area contributed by atoms with E-state index in [1.165, 1.54) is 0 Å². The summed E-state index contributed by atoms with van der Waals surface area (Å²) in [7, 11) is 0. The van der Waals surface area contributed by atoms with Gasteiger partial charge in [0.15, 0.2) is 11.6 Å². The summed E-state index contributed by atoms with van der Waals surface area (Å²) in [6.45, 7) is 6.67. The summed E-state index contributed by atoms with van der Waals surface area (Å²) in [6.07, 6.45) is 0. The summed E-state index contributed by atoms with van der Waals surface area (Å²) in [6, 6.07) is 1.10. The van der Waals surface area contributed by atoms with Crippen LogP contribution in [-0.2, 0) is 0 Å². The Balaban J connectivity index is 3.44. The minimum absolute atomic E-state index is 0.0920. The molecule has 0 aliphatic carbocycles. The second-order valence-electron chi connectivity index (χ2n) is 4.30. The summed E-state index contributed by atoms with van der Waals surface area (Å²) < 4.78 is 40.5. The Hall–Kier alpha value is -0.990. The number of benzene rings is 1. The van der Waals surface area contributed by atoms with Gasteiger partial charge in [-0.05, 0) is 23.5 Å². The molecule has 0 unspecified atom stereocenters. The van der Waals surface area contributed by atoms with E-state index in [0.717, 1.165) is 6.07 Å². The van der Waals surface area contributed by atoms with Crippen molar-refractivity contribution in [3.63, 3.8) is 0 Å². The van der Waals surface area contributed by atoms with E-state index in [-0.39, 0.29) is 23.0 Å². The van der Waals surface area contributed by atoms with Crippen LogP contribution in [0.25, 0.3) is 0 Å². The van der Waals surface area contributed by atoms with Crippen LogP contribution in [0, 0.1) is 17.5 Å². The smallest absolute Gasteiger partial charge is 0.165 e. The zero-order chi connectivity index (χ0) is 11.7. The Labute approximate surface area is 88.1 Å². The topological polar surface area (TPSA) is 0 Å². The van der Waals surface area contributed by atoms with Crippen molar-refractivity contribution in [2.24, 2.45) is 0 Å². The highest BCUT2D eigenvalue weighted by Crippen LogP contribution is 2.29. The third-order valence-corrected chi connectivity index (χ3v) is 2.42. The quantitative estimate of drug-likeness (QED) is 0.645. The van der Waals surface area contributed by atoms with Crippen LogP contribution in [0.5, 0.6) is 0 Å². The van der Waals surface area contributed by atoms with Gasteiger partial charge in [-0.25, -0.2) is 13.2 Å². The molecule has 0 aliphatic rings. The Morgan fingerprint density at radius 1 is 0.867 bits per heavy atom. The highest BCUT2D eigenvalue weighted by atomic mass is 19.2. The van der Waals surface area contributed by atoms with Crippen molar-refractivity contribution in [1.82, 2.24) is 0 Å². The normalized spacial score (nSPS) is 11.5. The molecule has 0 fully saturated rings. The van der Waals surface area contributed by atoms with Crippen LogP contribution < -0.4 is 0 Å². The van der Waals surface area contributed by atoms with Gasteiger partial charge >= 0.3 is 0 Å². The highest BCUT2D eigenvalue weighted by molar-refractivity contribution is 5.31. The summed E-state index contributed by atoms with van der Waals surface area (Å²) in [5, 5.41) is 0. The Morgan fingerprint density at radius 3 is 1.80 bits per heavy atom. The summed E-state index contributed by atoms with van der Waals surface area (Å²) >= 11 is 0. The summed E-state index contributed by atoms with van der Waals surface area (Å²) in [4.78, 5) is 0. The van der Waals surface area contributed by atoms with Crippen molar-refractivity contribution >= 4 is 0 Å². The van der Waals surface area contributed by atoms with E-state index in [1.807, 2.05) is 0 Å². The first-order valence-corrected chi connectivity index (χ1v) is 5.03. The zero-order valence-corrected chi connectivity index (χ0v) is 9.37. The monoisotopic (exact) mass is 216 g/mol. The van der Waals surface area contributed by atoms with Gasteiger partial charge in [0.2, 0.25) is 0 Å². The molecule has 0 nitrogen and oxygen atoms in total. The predicted molar refractivity (Wildman–Crippen MR) is 54.5 cm³/mol. The van der Waals surface area contributed by atoms with Gasteiger partial charge < -0.3 is 0 Å². The van der Waals surface area contributed by atoms with Gasteiger partial charge in [-0.2, -0.15) is 0 Å². The van der Waals surface area contributed by atoms with Crippen molar-refractivity contribution < 1.29 is 13.2 Å². The van der Waals surface area contributed by atoms with E-state index >= 15 is 0 Å². The van der Waals surface area contributed by atoms with E-state index < -0.39 is 17.5 Å². The Kier molecular flexibility index (Phi) is 3.42. The van der Waals surface area contributed by atoms with E-state index in [4.69, 9.17) is 0 Å². The lowest BCUT2D eigenvalue weighted by molar-refractivity contribution is 0.459. The average Bonchev–Trinajstić information content (AvgIpc) is 2.10. The zero-order valence-electron chi connectivity index (χ0n) is 9.37. The maximum absolute atomic E-state index is 13.5. The van der Waals surface area contributed by atoms with Gasteiger partial charge in [0.1, 0.15) is 5.82 Å². The molecule has 84 valence electrons. The van der Waals surface area contributed by atoms with E-state index in [1.54, 1.807) is 27.7 Å². The molecule has 0 atom stereocenters. The molecule has 0 spiro atoms. The van der Waals surface area contributed by atoms with Crippen molar-refractivity contribution in [3.8, 4) is 0 Å². The molecule has 0 aromatic heterocycles. The molecule has 0 aliphatic heterocycles. The molecule has 1 aromatic rings. The Bertz CT molecular complexity index is 368. The van der Waals surface area contributed by atoms with Crippen LogP contribution in [0.4, 0.5) is 13.2 Å². The van der Waals surface area contributed by atoms with Gasteiger partial charge in [-0.3, -0.25) is 0 Å². The fraction of sp³-hybridized carbons (Fsp3) is 0.500. The van der Waals surface area contributed by atoms with E-state index in [0.29, 0.717) is 0 Å². The van der Waals surface area contributed by atoms with Crippen LogP contribution in [0.2, 0.25) is 0 Å². The third-order valence-electron chi connectivity index (χ3n) is 2.42. The van der Waals surface area contributed by atoms with E-state index in [9.17, 15) is 13.2 Å². The molecule has 1 aromatic carbocycles. The SMILES string of the molecule is CC(C)c1cc(F)c(C(C)C)c(F)c1F. The van der Waals surface area contributed by atoms with Gasteiger partial charge in [0.25, 0.3) is 0 Å². The molecule has 0 heterocycles. The number of hydrogen-bond donors (Lipinski definition) is 0. The minimum Gasteiger partial charge on any atom is -0.207 e. The first kappa shape index (κ1) is 12.1. The molecule has 15 heavy (non-hydrogen) atoms. The van der Waals surface area contributed by atoms with Gasteiger partial charge in [0.05, 0.1) is 0 Å². The largest absolute Gasteiger partial charge is 0.207 e. The van der Waals surface area contributed by atoms with Gasteiger partial charge in [0, 0.05) is 5.56 Å². The number of halogens is 3. The summed E-state index contributed by atoms with van der Waals surface area (Å²) in [5.41, 5.74) is -0.0775. The Morgan fingerprint density at radius 2 is 1.40 bits per heavy atom. The van der Waals surface area contributed by atoms with Crippen LogP contribution >= 0.6 is 0 Å². The summed E-state index contributed by atoms with van der Waals surface area (Å²) in [5.74, 6) is -3.22. The lowest BCUT2D eigenvalue weighted by Crippen LogP contribution is -2.06. The van der Waals surface area contributed by atoms with Crippen LogP contribution in [0.15, 0.2) is 6.07 Å². The van der Waals surface area contributed by atoms with Crippen molar-refractivity contribution in [2.45, 2.75) is 39.5 Å². The van der Waals surface area contributed by atoms with Crippen molar-refractivity contribution in [3.05, 3.63) is 34.6 Å². The van der Waals surface area contributed by atoms with Gasteiger partial charge in [-0.1, -0.05) is 27.7 Å². The standard InChI is InChI=1S/C12H15F3/c1-6(2)8-5-9(13)10(7(3)4)12(15)11(8)14/h5-7H,1-4H3. The second-order valence-corrected chi connectivity index (χ2v) is 4.30. The lowest BCUT2D eigenvalue weighted by Gasteiger charge is -2.14. The first-order valence-electron chi connectivity index (χ1n) is 5.03. The predicted octanol–water partition coefficient (Wildman–Crippen LogP) is 4.35. The second kappa shape index (κ2) is 4.25. The van der Waals surface area contributed by atoms with Crippen LogP contribution in [0.1, 0.15) is 50.7 Å². The van der Waals surface area contributed by atoms with E-state index in [2.05, 4.69) is 0 Å². The van der Waals surface area contributed by atoms with Crippen LogP contribution in [0.3, 0.4) is 0 Å². The van der Waals surface area contributed by atoms with Crippen molar-refractivity contribution in [1.29, 1.82) is 0 Å². The molecular weight excluding hydrogens is 201 g/mol. The van der Waals surface area contributed by atoms with Gasteiger partial charge in [-0.15, -0.1) is 0 Å². The molecule has 0 radical (unpaired) electrons. The molecule has 0 saturated heterocycles. The molecular formula is C12H15F3. The maximum atomic E-state index is 13.5. The molecule has 0 amide bonds. The molecule has 0 N–H and O–H groups in total. The molecule has 3 heteroatoms. The lowest BCUT2D eigenvalue weighted by atomic mass is 9.95. The maximum Gasteiger partial charge on any atom is 0.165 e. The fourth-order valence-electron chi connectivity index (χ4n) is 1.58. The fourth-order valence-corrected chi connectivity index (χ4v) is 1.58.